The number of nitrogens with zero attached hydrogens (tertiary/aromatic N) is 12. The fourth-order valence-electron chi connectivity index (χ4n) is 14.0. The molecule has 0 aliphatic carbocycles. The summed E-state index contributed by atoms with van der Waals surface area (Å²) in [4.78, 5) is 114. The van der Waals surface area contributed by atoms with Gasteiger partial charge in [0.25, 0.3) is 22.9 Å². The van der Waals surface area contributed by atoms with Gasteiger partial charge in [-0.05, 0) is 70.3 Å². The first-order valence-corrected chi connectivity index (χ1v) is 32.6. The van der Waals surface area contributed by atoms with Gasteiger partial charge in [-0.2, -0.15) is 9.97 Å². The minimum atomic E-state index is -1.21. The molecule has 6 N–H and O–H groups in total. The number of hydrogen-bond donors (Lipinski definition) is 6. The number of ether oxygens (including phenoxy) is 10. The lowest BCUT2D eigenvalue weighted by Crippen LogP contribution is -2.45. The van der Waals surface area contributed by atoms with E-state index < -0.39 is 124 Å². The number of benzene rings is 2. The molecule has 8 aliphatic rings. The van der Waals surface area contributed by atoms with Gasteiger partial charge in [0.2, 0.25) is 0 Å². The smallest absolute Gasteiger partial charge is 0.351 e. The molecule has 2 amide bonds. The molecule has 8 bridgehead atoms. The van der Waals surface area contributed by atoms with Crippen LogP contribution in [0.5, 0.6) is 0 Å². The fourth-order valence-corrected chi connectivity index (χ4v) is 14.0. The lowest BCUT2D eigenvalue weighted by atomic mass is 9.96. The second-order valence-corrected chi connectivity index (χ2v) is 26.0. The summed E-state index contributed by atoms with van der Waals surface area (Å²) >= 11 is 0. The van der Waals surface area contributed by atoms with Crippen LogP contribution in [0.4, 0.5) is 11.6 Å². The van der Waals surface area contributed by atoms with E-state index in [1.165, 1.54) is 35.3 Å². The number of aromatic nitrogens is 11. The van der Waals surface area contributed by atoms with Gasteiger partial charge in [-0.15, -0.1) is 11.5 Å². The summed E-state index contributed by atoms with van der Waals surface area (Å²) in [5, 5.41) is 38.6. The molecule has 4 unspecified atom stereocenters. The number of carbonyl (C=O) groups excluding carboxylic acids is 2. The third-order valence-electron chi connectivity index (χ3n) is 19.5. The summed E-state index contributed by atoms with van der Waals surface area (Å²) in [6.45, 7) is 11.5. The van der Waals surface area contributed by atoms with Crippen LogP contribution in [0.1, 0.15) is 100 Å². The first kappa shape index (κ1) is 70.5. The van der Waals surface area contributed by atoms with Crippen LogP contribution in [-0.2, 0) is 60.5 Å². The summed E-state index contributed by atoms with van der Waals surface area (Å²) in [6.07, 6.45) is 5.09. The van der Waals surface area contributed by atoms with Crippen molar-refractivity contribution in [3.05, 3.63) is 204 Å². The van der Waals surface area contributed by atoms with Crippen LogP contribution in [0.3, 0.4) is 0 Å². The predicted octanol–water partition coefficient (Wildman–Crippen LogP) is 1.02. The predicted molar refractivity (Wildman–Crippen MR) is 352 cm³/mol. The van der Waals surface area contributed by atoms with E-state index in [4.69, 9.17) is 59.3 Å². The van der Waals surface area contributed by atoms with E-state index in [2.05, 4.69) is 56.8 Å². The molecular formula is C66H72N16O20. The van der Waals surface area contributed by atoms with Gasteiger partial charge in [-0.25, -0.2) is 23.9 Å². The summed E-state index contributed by atoms with van der Waals surface area (Å²) in [5.74, 6) is 2.11. The molecule has 36 heteroatoms. The maximum absolute atomic E-state index is 13.3. The Kier molecular flexibility index (Phi) is 19.4. The number of rotatable bonds is 19. The average molecular weight is 1410 g/mol. The van der Waals surface area contributed by atoms with E-state index in [0.717, 1.165) is 0 Å². The van der Waals surface area contributed by atoms with Crippen molar-refractivity contribution in [2.24, 2.45) is 5.11 Å². The lowest BCUT2D eigenvalue weighted by Gasteiger charge is -2.31. The highest BCUT2D eigenvalue weighted by molar-refractivity contribution is 6.04. The average Bonchev–Trinajstić information content (AvgIpc) is 1.59. The first-order valence-electron chi connectivity index (χ1n) is 32.6. The molecule has 0 spiro atoms. The van der Waals surface area contributed by atoms with Gasteiger partial charge in [0.05, 0.1) is 52.3 Å². The number of carbonyl (C=O) groups is 2. The number of azide groups is 1. The van der Waals surface area contributed by atoms with Crippen LogP contribution in [0.2, 0.25) is 0 Å². The van der Waals surface area contributed by atoms with E-state index in [-0.39, 0.29) is 75.7 Å². The number of fused-ring (bicyclic) bond motifs is 8. The summed E-state index contributed by atoms with van der Waals surface area (Å²) in [7, 11) is 0. The molecule has 15 rings (SSSR count). The molecule has 8 aliphatic heterocycles. The number of amides is 2. The Morgan fingerprint density at radius 3 is 1.52 bits per heavy atom. The zero-order valence-corrected chi connectivity index (χ0v) is 55.8. The Balaban J connectivity index is 0.000000153. The molecular weight excluding hydrogens is 1340 g/mol. The fraction of sp³-hybridized carbons (Fsp3) is 0.485. The molecule has 36 nitrogen and oxygen atoms in total. The highest BCUT2D eigenvalue weighted by Gasteiger charge is 2.65. The molecule has 536 valence electrons. The number of anilines is 2. The first-order chi connectivity index (χ1) is 49.0. The Morgan fingerprint density at radius 2 is 1.04 bits per heavy atom. The zero-order valence-electron chi connectivity index (χ0n) is 55.8. The monoisotopic (exact) mass is 1410 g/mol. The number of aromatic amines is 2. The highest BCUT2D eigenvalue weighted by Crippen LogP contribution is 2.51. The van der Waals surface area contributed by atoms with Crippen LogP contribution >= 0.6 is 0 Å². The Morgan fingerprint density at radius 1 is 0.618 bits per heavy atom. The maximum atomic E-state index is 13.3. The summed E-state index contributed by atoms with van der Waals surface area (Å²) in [5.41, 5.74) is 4.32. The normalized spacial score (nSPS) is 30.3. The van der Waals surface area contributed by atoms with Crippen LogP contribution in [0.15, 0.2) is 126 Å². The number of aryl methyl sites for hydroxylation is 4. The van der Waals surface area contributed by atoms with Gasteiger partial charge in [-0.1, -0.05) is 66.5 Å². The van der Waals surface area contributed by atoms with Crippen molar-refractivity contribution >= 4 is 23.5 Å². The van der Waals surface area contributed by atoms with Gasteiger partial charge in [0, 0.05) is 63.1 Å². The zero-order chi connectivity index (χ0) is 72.2. The third-order valence-corrected chi connectivity index (χ3v) is 19.5. The van der Waals surface area contributed by atoms with Gasteiger partial charge in [-0.3, -0.25) is 47.4 Å². The van der Waals surface area contributed by atoms with Crippen molar-refractivity contribution in [2.45, 2.75) is 164 Å². The van der Waals surface area contributed by atoms with Crippen molar-refractivity contribution < 1.29 is 67.2 Å². The highest BCUT2D eigenvalue weighted by atomic mass is 16.7. The number of terminal acetylenes is 1. The van der Waals surface area contributed by atoms with Gasteiger partial charge in [0.1, 0.15) is 95.2 Å². The van der Waals surface area contributed by atoms with E-state index in [1.807, 2.05) is 19.9 Å². The Labute approximate surface area is 577 Å². The number of nitrogens with one attached hydrogen (secondary N) is 4. The molecule has 8 fully saturated rings. The van der Waals surface area contributed by atoms with Crippen LogP contribution < -0.4 is 44.5 Å². The molecule has 0 radical (unpaired) electrons. The maximum Gasteiger partial charge on any atom is 0.351 e. The van der Waals surface area contributed by atoms with Gasteiger partial charge in [0.15, 0.2) is 24.9 Å². The molecule has 5 aromatic heterocycles. The van der Waals surface area contributed by atoms with Gasteiger partial charge >= 0.3 is 22.8 Å². The number of H-pyrrole nitrogens is 2. The third kappa shape index (κ3) is 12.8. The molecule has 16 atom stereocenters. The molecule has 8 saturated heterocycles. The minimum Gasteiger partial charge on any atom is -0.387 e. The molecule has 13 heterocycles. The number of aliphatic hydroxyl groups excluding tert-OH is 2. The number of hydrogen-bond acceptors (Lipinski definition) is 25. The molecule has 2 aromatic carbocycles. The Bertz CT molecular complexity index is 4840. The SMILES string of the molecule is C#CCOC1[C@@H]2OC[C@]1(CC)O[C@H]2n1cc(C)c(NC(=O)c2ccccc2)nc1=O.CC[C@]12CO[C@@H](C1OCc1cn(C[C@]34CO[C@@H](C3O)[C@H](n3cc(C)c(=O)[nH]c3=O)O4)nn1)[C@H](n1cc(C)c(NC(=O)c3ccccc3)nc1=O)O2.Cc1cn([C@@H]2O[C@@]3(CN=[N+]=[N-])CO[C@H]2C3O)c(=O)[nH]c1=O. The van der Waals surface area contributed by atoms with E-state index in [0.29, 0.717) is 58.5 Å². The minimum absolute atomic E-state index is 0.0448. The van der Waals surface area contributed by atoms with Crippen LogP contribution in [0.25, 0.3) is 10.4 Å². The summed E-state index contributed by atoms with van der Waals surface area (Å²) in [6, 6.07) is 17.4. The molecule has 7 aromatic rings. The summed E-state index contributed by atoms with van der Waals surface area (Å²) < 4.78 is 66.7. The standard InChI is InChI=1S/C33H36N8O10.C22H23N3O5.C11H13N5O5/c1-4-32-15-49-22(29(50-32)40-10-17(2)25(35-30(40)45)34-27(44)19-8-6-5-7-9-19)24(32)47-13-20-12-39(38-37-20)14-33-16-48-21(23(33)42)28(51-33)41-11-18(3)26(43)36-31(41)46;1-4-11-28-17-16-20(30-22(17,5-2)13-29-16)25-12-14(3)18(24-21(25)27)23-19(26)15-9-7-6-8-10-15;1-5-2-16(10(19)14-8(5)18)9-6-7(17)11(21-9,4-20-6)3-13-15-12/h5-12,21-24,28-29,42H,4,13-16H2,1-3H3,(H,36,43,46)(H,34,35,44,45);1,6-10,12,16-17,20H,5,11,13H2,2-3H3,(H,23,24,26,27);2,6-7,9,17H,3-4H2,1H3,(H,14,18,19)/t21-,22-,23?,24?,28+,29+,32-,33-;16-,17?,20+,22-;6-,7?,9+,11-/m000/s1. The van der Waals surface area contributed by atoms with E-state index in [9.17, 15) is 48.6 Å². The quantitative estimate of drug-likeness (QED) is 0.0285. The molecule has 0 saturated carbocycles. The van der Waals surface area contributed by atoms with Gasteiger partial charge < -0.3 is 68.2 Å². The lowest BCUT2D eigenvalue weighted by molar-refractivity contribution is -0.180. The second kappa shape index (κ2) is 28.1. The van der Waals surface area contributed by atoms with Crippen LogP contribution in [0, 0.1) is 40.0 Å². The number of aliphatic hydroxyl groups is 2. The topological polar surface area (TPSA) is 450 Å². The Hall–Kier alpha value is -9.97. The van der Waals surface area contributed by atoms with Crippen molar-refractivity contribution in [1.29, 1.82) is 0 Å². The van der Waals surface area contributed by atoms with Crippen molar-refractivity contribution in [2.75, 3.05) is 50.2 Å². The largest absolute Gasteiger partial charge is 0.387 e. The van der Waals surface area contributed by atoms with E-state index in [1.54, 1.807) is 101 Å². The van der Waals surface area contributed by atoms with E-state index >= 15 is 0 Å². The van der Waals surface area contributed by atoms with Crippen molar-refractivity contribution in [3.63, 3.8) is 0 Å². The second-order valence-electron chi connectivity index (χ2n) is 26.0. The van der Waals surface area contributed by atoms with Crippen molar-refractivity contribution in [3.8, 4) is 12.3 Å². The van der Waals surface area contributed by atoms with Crippen LogP contribution in [-0.4, -0.2) is 186 Å². The van der Waals surface area contributed by atoms with Crippen molar-refractivity contribution in [1.82, 2.24) is 53.2 Å². The molecule has 102 heavy (non-hydrogen) atoms.